The fourth-order valence-electron chi connectivity index (χ4n) is 1.00. The molecule has 1 aromatic rings. The van der Waals surface area contributed by atoms with Crippen molar-refractivity contribution in [2.45, 2.75) is 18.1 Å². The van der Waals surface area contributed by atoms with Gasteiger partial charge in [0.05, 0.1) is 4.21 Å². The standard InChI is InChI=1S/C8H14NS3.HI/c1-4-9(5-2)7-6-8(10-3)12-11-7;/h6H,4-5H2,1-3H3;1H/q+1;/p-1. The van der Waals surface area contributed by atoms with Gasteiger partial charge in [-0.15, -0.1) is 11.8 Å². The molecule has 0 bridgehead atoms. The first-order valence-electron chi connectivity index (χ1n) is 4.03. The maximum Gasteiger partial charge on any atom is 0.268 e. The van der Waals surface area contributed by atoms with Crippen LogP contribution in [-0.2, 0) is 0 Å². The molecule has 0 aromatic carbocycles. The molecule has 0 saturated heterocycles. The molecule has 0 fully saturated rings. The Hall–Kier alpha value is 0.930. The number of hydrogen-bond acceptors (Lipinski definition) is 3. The quantitative estimate of drug-likeness (QED) is 0.304. The van der Waals surface area contributed by atoms with Crippen molar-refractivity contribution in [1.82, 2.24) is 4.58 Å². The summed E-state index contributed by atoms with van der Waals surface area (Å²) in [5.41, 5.74) is 0. The Morgan fingerprint density at radius 1 is 1.31 bits per heavy atom. The lowest BCUT2D eigenvalue weighted by Gasteiger charge is -1.91. The molecule has 1 heterocycles. The summed E-state index contributed by atoms with van der Waals surface area (Å²) in [4.78, 5) is 0. The van der Waals surface area contributed by atoms with Crippen molar-refractivity contribution in [2.75, 3.05) is 19.3 Å². The summed E-state index contributed by atoms with van der Waals surface area (Å²) in [6, 6.07) is 2.28. The van der Waals surface area contributed by atoms with Crippen molar-refractivity contribution >= 4 is 32.4 Å². The van der Waals surface area contributed by atoms with Crippen LogP contribution in [0.1, 0.15) is 13.8 Å². The Balaban J connectivity index is 0.00000144. The molecule has 76 valence electrons. The van der Waals surface area contributed by atoms with E-state index >= 15 is 0 Å². The predicted octanol–water partition coefficient (Wildman–Crippen LogP) is -0.652. The minimum absolute atomic E-state index is 0. The molecule has 0 aliphatic carbocycles. The van der Waals surface area contributed by atoms with Crippen molar-refractivity contribution in [1.29, 1.82) is 0 Å². The SMILES string of the molecule is CC[N+](CC)=c1cc(SC)ss1.[I-]. The number of halogens is 1. The molecule has 0 radical (unpaired) electrons. The lowest BCUT2D eigenvalue weighted by molar-refractivity contribution is -0.00000249. The van der Waals surface area contributed by atoms with Gasteiger partial charge in [0, 0.05) is 6.07 Å². The molecule has 0 aliphatic heterocycles. The van der Waals surface area contributed by atoms with Crippen LogP contribution in [0, 0.1) is 0 Å². The van der Waals surface area contributed by atoms with Crippen LogP contribution in [0.15, 0.2) is 10.3 Å². The van der Waals surface area contributed by atoms with Crippen LogP contribution in [0.2, 0.25) is 0 Å². The molecule has 0 N–H and O–H groups in total. The zero-order chi connectivity index (χ0) is 8.97. The van der Waals surface area contributed by atoms with Crippen LogP contribution in [0.4, 0.5) is 0 Å². The van der Waals surface area contributed by atoms with Gasteiger partial charge in [-0.25, -0.2) is 4.58 Å². The van der Waals surface area contributed by atoms with E-state index in [4.69, 9.17) is 0 Å². The molecule has 1 aromatic heterocycles. The van der Waals surface area contributed by atoms with Crippen LogP contribution in [0.5, 0.6) is 0 Å². The third-order valence-electron chi connectivity index (χ3n) is 1.73. The van der Waals surface area contributed by atoms with E-state index in [2.05, 4.69) is 30.7 Å². The zero-order valence-electron chi connectivity index (χ0n) is 8.04. The van der Waals surface area contributed by atoms with Crippen molar-refractivity contribution in [3.63, 3.8) is 0 Å². The number of nitrogens with zero attached hydrogens (tertiary/aromatic N) is 1. The number of hydrogen-bond donors (Lipinski definition) is 0. The van der Waals surface area contributed by atoms with E-state index in [9.17, 15) is 0 Å². The van der Waals surface area contributed by atoms with Gasteiger partial charge >= 0.3 is 0 Å². The molecule has 0 unspecified atom stereocenters. The summed E-state index contributed by atoms with van der Waals surface area (Å²) in [6.45, 7) is 6.62. The zero-order valence-corrected chi connectivity index (χ0v) is 12.6. The fourth-order valence-corrected chi connectivity index (χ4v) is 4.54. The van der Waals surface area contributed by atoms with Gasteiger partial charge in [0.15, 0.2) is 0 Å². The third-order valence-corrected chi connectivity index (χ3v) is 5.53. The molecule has 0 atom stereocenters. The average Bonchev–Trinajstić information content (AvgIpc) is 2.55. The predicted molar refractivity (Wildman–Crippen MR) is 60.3 cm³/mol. The third kappa shape index (κ3) is 3.89. The average molecular weight is 347 g/mol. The Morgan fingerprint density at radius 3 is 2.31 bits per heavy atom. The van der Waals surface area contributed by atoms with E-state index in [-0.39, 0.29) is 24.0 Å². The number of rotatable bonds is 3. The first kappa shape index (κ1) is 13.9. The van der Waals surface area contributed by atoms with Crippen LogP contribution < -0.4 is 33.2 Å². The van der Waals surface area contributed by atoms with Gasteiger partial charge in [-0.1, -0.05) is 10.3 Å². The van der Waals surface area contributed by atoms with Crippen molar-refractivity contribution in [2.24, 2.45) is 0 Å². The van der Waals surface area contributed by atoms with E-state index in [1.54, 1.807) is 0 Å². The highest BCUT2D eigenvalue weighted by Gasteiger charge is 2.03. The minimum atomic E-state index is 0. The van der Waals surface area contributed by atoms with Crippen molar-refractivity contribution < 1.29 is 24.0 Å². The van der Waals surface area contributed by atoms with E-state index in [0.717, 1.165) is 13.1 Å². The summed E-state index contributed by atoms with van der Waals surface area (Å²) in [5, 5.41) is 0. The van der Waals surface area contributed by atoms with Gasteiger partial charge in [0.2, 0.25) is 0 Å². The van der Waals surface area contributed by atoms with Crippen LogP contribution in [0.3, 0.4) is 0 Å². The van der Waals surface area contributed by atoms with Gasteiger partial charge in [0.1, 0.15) is 13.1 Å². The summed E-state index contributed by atoms with van der Waals surface area (Å²) in [7, 11) is 3.75. The largest absolute Gasteiger partial charge is 1.00 e. The van der Waals surface area contributed by atoms with E-state index in [0.29, 0.717) is 0 Å². The van der Waals surface area contributed by atoms with Gasteiger partial charge < -0.3 is 24.0 Å². The first-order valence-corrected chi connectivity index (χ1v) is 7.41. The molecular formula is C8H14INS3. The molecule has 0 spiro atoms. The Kier molecular flexibility index (Phi) is 7.77. The Bertz CT molecular complexity index is 296. The molecular weight excluding hydrogens is 333 g/mol. The normalized spacial score (nSPS) is 9.46. The Labute approximate surface area is 108 Å². The molecule has 5 heteroatoms. The van der Waals surface area contributed by atoms with Crippen LogP contribution >= 0.6 is 32.4 Å². The van der Waals surface area contributed by atoms with E-state index < -0.39 is 0 Å². The highest BCUT2D eigenvalue weighted by Crippen LogP contribution is 2.20. The first-order chi connectivity index (χ1) is 5.81. The molecule has 1 rings (SSSR count). The molecule has 1 nitrogen and oxygen atoms in total. The second-order valence-corrected chi connectivity index (χ2v) is 5.64. The fraction of sp³-hybridized carbons (Fsp3) is 0.625. The van der Waals surface area contributed by atoms with Gasteiger partial charge in [0.25, 0.3) is 4.67 Å². The molecule has 13 heavy (non-hydrogen) atoms. The van der Waals surface area contributed by atoms with Crippen molar-refractivity contribution in [3.05, 3.63) is 10.7 Å². The topological polar surface area (TPSA) is 3.01 Å². The highest BCUT2D eigenvalue weighted by atomic mass is 127. The maximum absolute atomic E-state index is 2.39. The second-order valence-electron chi connectivity index (χ2n) is 2.34. The highest BCUT2D eigenvalue weighted by molar-refractivity contribution is 8.02. The summed E-state index contributed by atoms with van der Waals surface area (Å²) in [5.74, 6) is 0. The Morgan fingerprint density at radius 2 is 1.92 bits per heavy atom. The molecule has 0 saturated carbocycles. The van der Waals surface area contributed by atoms with E-state index in [1.807, 2.05) is 32.4 Å². The van der Waals surface area contributed by atoms with Crippen LogP contribution in [0.25, 0.3) is 0 Å². The smallest absolute Gasteiger partial charge is 0.268 e. The van der Waals surface area contributed by atoms with Gasteiger partial charge in [-0.05, 0) is 30.4 Å². The summed E-state index contributed by atoms with van der Waals surface area (Å²) in [6.07, 6.45) is 2.13. The van der Waals surface area contributed by atoms with Gasteiger partial charge in [-0.3, -0.25) is 0 Å². The molecule has 0 aliphatic rings. The second kappa shape index (κ2) is 7.25. The minimum Gasteiger partial charge on any atom is -1.00 e. The monoisotopic (exact) mass is 347 g/mol. The van der Waals surface area contributed by atoms with Crippen molar-refractivity contribution in [3.8, 4) is 0 Å². The van der Waals surface area contributed by atoms with E-state index in [1.165, 1.54) is 8.88 Å². The number of thioether (sulfide) groups is 1. The lowest BCUT2D eigenvalue weighted by atomic mass is 10.6. The molecule has 0 amide bonds. The van der Waals surface area contributed by atoms with Crippen LogP contribution in [-0.4, -0.2) is 19.3 Å². The van der Waals surface area contributed by atoms with Gasteiger partial charge in [-0.2, -0.15) is 0 Å². The lowest BCUT2D eigenvalue weighted by Crippen LogP contribution is -3.00. The summed E-state index contributed by atoms with van der Waals surface area (Å²) < 4.78 is 5.22. The maximum atomic E-state index is 2.39. The summed E-state index contributed by atoms with van der Waals surface area (Å²) >= 11 is 1.83.